The van der Waals surface area contributed by atoms with Crippen LogP contribution in [0.5, 0.6) is 63.2 Å². The van der Waals surface area contributed by atoms with Crippen molar-refractivity contribution in [1.29, 1.82) is 0 Å². The Hall–Kier alpha value is -6.81. The van der Waals surface area contributed by atoms with Gasteiger partial charge < -0.3 is 50.7 Å². The molecule has 0 aliphatic carbocycles. The Kier molecular flexibility index (Phi) is 6.47. The van der Waals surface area contributed by atoms with Crippen LogP contribution in [0.3, 0.4) is 0 Å². The highest BCUT2D eigenvalue weighted by Crippen LogP contribution is 2.60. The van der Waals surface area contributed by atoms with Crippen molar-refractivity contribution in [1.82, 2.24) is 0 Å². The van der Waals surface area contributed by atoms with Crippen molar-refractivity contribution in [3.05, 3.63) is 78.9 Å². The van der Waals surface area contributed by atoms with Crippen LogP contribution < -0.4 is 15.7 Å². The Morgan fingerprint density at radius 3 is 1.68 bits per heavy atom. The summed E-state index contributed by atoms with van der Waals surface area (Å²) >= 11 is 0. The highest BCUT2D eigenvalue weighted by Gasteiger charge is 2.33. The number of benzene rings is 7. The molecule has 4 radical (unpaired) electrons. The molecule has 0 spiro atoms. The van der Waals surface area contributed by atoms with Crippen LogP contribution >= 0.6 is 0 Å². The van der Waals surface area contributed by atoms with Crippen LogP contribution in [0.1, 0.15) is 0 Å². The molecule has 0 unspecified atom stereocenters. The van der Waals surface area contributed by atoms with E-state index in [1.807, 2.05) is 48.5 Å². The van der Waals surface area contributed by atoms with Gasteiger partial charge in [-0.15, -0.1) is 0 Å². The van der Waals surface area contributed by atoms with Crippen molar-refractivity contribution in [3.8, 4) is 108 Å². The van der Waals surface area contributed by atoms with Gasteiger partial charge in [-0.25, -0.2) is 0 Å². The minimum absolute atomic E-state index is 0.183. The summed E-state index contributed by atoms with van der Waals surface area (Å²) in [5, 5.41) is 98.7. The SMILES string of the molecule is [B]c1c(O)c(O)c2c(-c3c(O)c(O)c(-c4ccc5c6c(cccc46)Oc4cc(-c6ccccc6)ccc4-5)c(O)c3O)c([B])c(O)c(O)c2c1O. The Balaban J connectivity index is 1.36. The second-order valence-electron chi connectivity index (χ2n) is 11.9. The quantitative estimate of drug-likeness (QED) is 0.0645. The first-order valence-corrected chi connectivity index (χ1v) is 15.1. The van der Waals surface area contributed by atoms with Crippen LogP contribution in [-0.4, -0.2) is 61.7 Å². The van der Waals surface area contributed by atoms with Crippen LogP contribution in [0, 0.1) is 0 Å². The number of phenolic OH excluding ortho intramolecular Hbond substituents is 9. The van der Waals surface area contributed by atoms with Gasteiger partial charge in [-0.2, -0.15) is 0 Å². The molecule has 0 bridgehead atoms. The molecule has 0 aromatic heterocycles. The molecule has 0 saturated carbocycles. The van der Waals surface area contributed by atoms with Crippen molar-refractivity contribution in [3.63, 3.8) is 0 Å². The highest BCUT2D eigenvalue weighted by atomic mass is 16.5. The average molecular weight is 660 g/mol. The Morgan fingerprint density at radius 1 is 0.380 bits per heavy atom. The van der Waals surface area contributed by atoms with Crippen molar-refractivity contribution in [2.45, 2.75) is 0 Å². The predicted molar refractivity (Wildman–Crippen MR) is 189 cm³/mol. The molecule has 10 nitrogen and oxygen atoms in total. The van der Waals surface area contributed by atoms with E-state index >= 15 is 0 Å². The monoisotopic (exact) mass is 660 g/mol. The molecule has 1 heterocycles. The third kappa shape index (κ3) is 3.99. The average Bonchev–Trinajstić information content (AvgIpc) is 3.13. The smallest absolute Gasteiger partial charge is 0.170 e. The number of rotatable bonds is 3. The topological polar surface area (TPSA) is 191 Å². The minimum Gasteiger partial charge on any atom is -0.508 e. The van der Waals surface area contributed by atoms with E-state index in [1.54, 1.807) is 30.3 Å². The number of phenols is 9. The largest absolute Gasteiger partial charge is 0.508 e. The van der Waals surface area contributed by atoms with Gasteiger partial charge in [-0.1, -0.05) is 60.7 Å². The third-order valence-corrected chi connectivity index (χ3v) is 9.21. The maximum atomic E-state index is 11.5. The fraction of sp³-hybridized carbons (Fsp3) is 0. The van der Waals surface area contributed by atoms with Gasteiger partial charge in [-0.3, -0.25) is 0 Å². The lowest BCUT2D eigenvalue weighted by molar-refractivity contribution is 0.378. The second-order valence-corrected chi connectivity index (χ2v) is 11.9. The lowest BCUT2D eigenvalue weighted by atomic mass is 9.78. The molecule has 1 aliphatic heterocycles. The van der Waals surface area contributed by atoms with Gasteiger partial charge in [0.2, 0.25) is 0 Å². The normalized spacial score (nSPS) is 11.8. The minimum atomic E-state index is -1.07. The zero-order valence-corrected chi connectivity index (χ0v) is 25.6. The fourth-order valence-corrected chi connectivity index (χ4v) is 6.81. The maximum Gasteiger partial charge on any atom is 0.170 e. The van der Waals surface area contributed by atoms with Crippen LogP contribution in [0.25, 0.3) is 66.1 Å². The van der Waals surface area contributed by atoms with Gasteiger partial charge in [0.25, 0.3) is 0 Å². The van der Waals surface area contributed by atoms with E-state index in [-0.39, 0.29) is 11.1 Å². The summed E-state index contributed by atoms with van der Waals surface area (Å²) in [6, 6.07) is 24.2. The fourth-order valence-electron chi connectivity index (χ4n) is 6.81. The number of fused-ring (bicyclic) bond motifs is 3. The first kappa shape index (κ1) is 30.5. The number of hydrogen-bond donors (Lipinski definition) is 9. The van der Waals surface area contributed by atoms with Gasteiger partial charge in [0.1, 0.15) is 32.9 Å². The van der Waals surface area contributed by atoms with E-state index in [0.29, 0.717) is 22.3 Å². The molecule has 7 aromatic rings. The molecule has 0 saturated heterocycles. The molecule has 240 valence electrons. The van der Waals surface area contributed by atoms with Gasteiger partial charge >= 0.3 is 0 Å². The summed E-state index contributed by atoms with van der Waals surface area (Å²) in [6.07, 6.45) is 0. The Morgan fingerprint density at radius 2 is 0.980 bits per heavy atom. The van der Waals surface area contributed by atoms with Gasteiger partial charge in [0.15, 0.2) is 46.0 Å². The molecule has 0 amide bonds. The first-order chi connectivity index (χ1) is 23.9. The molecule has 50 heavy (non-hydrogen) atoms. The Bertz CT molecular complexity index is 2600. The van der Waals surface area contributed by atoms with E-state index in [9.17, 15) is 46.0 Å². The van der Waals surface area contributed by atoms with E-state index in [2.05, 4.69) is 0 Å². The first-order valence-electron chi connectivity index (χ1n) is 15.1. The van der Waals surface area contributed by atoms with E-state index in [0.717, 1.165) is 22.3 Å². The van der Waals surface area contributed by atoms with Gasteiger partial charge in [-0.05, 0) is 62.3 Å². The zero-order valence-electron chi connectivity index (χ0n) is 25.6. The van der Waals surface area contributed by atoms with Crippen LogP contribution in [-0.2, 0) is 0 Å². The van der Waals surface area contributed by atoms with Crippen LogP contribution in [0.4, 0.5) is 0 Å². The maximum absolute atomic E-state index is 11.5. The van der Waals surface area contributed by atoms with Crippen molar-refractivity contribution in [2.24, 2.45) is 0 Å². The summed E-state index contributed by atoms with van der Waals surface area (Å²) in [6.45, 7) is 0. The molecular formula is C38H22B2O10. The molecule has 0 fully saturated rings. The lowest BCUT2D eigenvalue weighted by Crippen LogP contribution is -2.12. The number of aromatic hydroxyl groups is 9. The zero-order chi connectivity index (χ0) is 35.3. The molecule has 1 aliphatic rings. The van der Waals surface area contributed by atoms with Crippen LogP contribution in [0.15, 0.2) is 78.9 Å². The summed E-state index contributed by atoms with van der Waals surface area (Å²) in [5.74, 6) is -8.11. The number of ether oxygens (including phenoxy) is 1. The van der Waals surface area contributed by atoms with Crippen molar-refractivity contribution < 1.29 is 50.7 Å². The second kappa shape index (κ2) is 10.6. The van der Waals surface area contributed by atoms with Crippen molar-refractivity contribution >= 4 is 48.2 Å². The summed E-state index contributed by atoms with van der Waals surface area (Å²) in [7, 11) is 11.7. The third-order valence-electron chi connectivity index (χ3n) is 9.21. The summed E-state index contributed by atoms with van der Waals surface area (Å²) < 4.78 is 6.35. The summed E-state index contributed by atoms with van der Waals surface area (Å²) in [5.41, 5.74) is 0.336. The van der Waals surface area contributed by atoms with Gasteiger partial charge in [0, 0.05) is 16.3 Å². The summed E-state index contributed by atoms with van der Waals surface area (Å²) in [4.78, 5) is 0. The molecule has 12 heteroatoms. The number of hydrogen-bond acceptors (Lipinski definition) is 10. The van der Waals surface area contributed by atoms with E-state index in [4.69, 9.17) is 20.4 Å². The van der Waals surface area contributed by atoms with E-state index < -0.39 is 84.6 Å². The van der Waals surface area contributed by atoms with E-state index in [1.165, 1.54) is 0 Å². The molecule has 8 rings (SSSR count). The molecular weight excluding hydrogens is 638 g/mol. The van der Waals surface area contributed by atoms with Crippen LogP contribution in [0.2, 0.25) is 0 Å². The van der Waals surface area contributed by atoms with Crippen molar-refractivity contribution in [2.75, 3.05) is 0 Å². The molecule has 7 aromatic carbocycles. The Labute approximate surface area is 285 Å². The highest BCUT2D eigenvalue weighted by molar-refractivity contribution is 6.44. The predicted octanol–water partition coefficient (Wildman–Crippen LogP) is 5.70. The standard InChI is InChI=1S/C38H22B2O10/c39-28-24(25-27(36(47)37(28)48)30(41)29(40)38(49)33(25)44)26-34(45)31(42)23(32(43)35(26)46)19-12-11-18-16-10-9-15(14-5-2-1-3-6-14)13-21(16)50-20-8-4-7-17(19)22(18)20/h1-13,41-49H. The van der Waals surface area contributed by atoms with Gasteiger partial charge in [0.05, 0.1) is 16.5 Å². The lowest BCUT2D eigenvalue weighted by Gasteiger charge is -2.24. The molecule has 9 N–H and O–H groups in total. The molecule has 0 atom stereocenters.